The first kappa shape index (κ1) is 19.2. The minimum absolute atomic E-state index is 0.00839. The van der Waals surface area contributed by atoms with Crippen LogP contribution in [0.2, 0.25) is 0 Å². The number of phenols is 1. The number of aromatic hydroxyl groups is 1. The fraction of sp³-hybridized carbons (Fsp3) is 0.429. The van der Waals surface area contributed by atoms with Crippen molar-refractivity contribution in [3.63, 3.8) is 0 Å². The van der Waals surface area contributed by atoms with E-state index >= 15 is 0 Å². The third kappa shape index (κ3) is 4.57. The van der Waals surface area contributed by atoms with Crippen molar-refractivity contribution in [1.82, 2.24) is 15.1 Å². The first-order chi connectivity index (χ1) is 13.0. The summed E-state index contributed by atoms with van der Waals surface area (Å²) in [5, 5.41) is 15.1. The largest absolute Gasteiger partial charge is 0.507 e. The van der Waals surface area contributed by atoms with Gasteiger partial charge in [0.15, 0.2) is 0 Å². The molecule has 1 aliphatic rings. The second kappa shape index (κ2) is 8.39. The molecule has 0 radical (unpaired) electrons. The first-order valence-electron chi connectivity index (χ1n) is 9.50. The molecule has 0 spiro atoms. The van der Waals surface area contributed by atoms with Gasteiger partial charge in [-0.1, -0.05) is 31.2 Å². The third-order valence-electron chi connectivity index (χ3n) is 5.14. The Hall–Kier alpha value is -2.60. The van der Waals surface area contributed by atoms with Gasteiger partial charge < -0.3 is 15.3 Å². The number of hydrogen-bond acceptors (Lipinski definition) is 4. The van der Waals surface area contributed by atoms with E-state index in [9.17, 15) is 14.7 Å². The molecule has 6 nitrogen and oxygen atoms in total. The van der Waals surface area contributed by atoms with E-state index in [1.54, 1.807) is 17.0 Å². The summed E-state index contributed by atoms with van der Waals surface area (Å²) in [7, 11) is 0. The van der Waals surface area contributed by atoms with Gasteiger partial charge in [0.2, 0.25) is 5.91 Å². The van der Waals surface area contributed by atoms with Crippen LogP contribution in [-0.4, -0.2) is 65.5 Å². The van der Waals surface area contributed by atoms with Gasteiger partial charge in [0.1, 0.15) is 5.75 Å². The number of piperazine rings is 1. The van der Waals surface area contributed by atoms with E-state index < -0.39 is 0 Å². The van der Waals surface area contributed by atoms with E-state index in [-0.39, 0.29) is 23.6 Å². The second-order valence-electron chi connectivity index (χ2n) is 7.16. The molecule has 0 aromatic heterocycles. The van der Waals surface area contributed by atoms with Gasteiger partial charge in [-0.05, 0) is 36.2 Å². The summed E-state index contributed by atoms with van der Waals surface area (Å²) in [4.78, 5) is 28.7. The summed E-state index contributed by atoms with van der Waals surface area (Å²) in [6.07, 6.45) is 0.906. The van der Waals surface area contributed by atoms with Crippen molar-refractivity contribution in [2.75, 3.05) is 32.7 Å². The van der Waals surface area contributed by atoms with Crippen molar-refractivity contribution in [1.29, 1.82) is 0 Å². The van der Waals surface area contributed by atoms with Crippen molar-refractivity contribution in [3.8, 4) is 5.75 Å². The number of rotatable bonds is 5. The molecule has 0 aliphatic carbocycles. The third-order valence-corrected chi connectivity index (χ3v) is 5.14. The predicted octanol–water partition coefficient (Wildman–Crippen LogP) is 2.22. The molecule has 3 rings (SSSR count). The van der Waals surface area contributed by atoms with Crippen molar-refractivity contribution in [3.05, 3.63) is 42.0 Å². The Bertz CT molecular complexity index is 829. The normalized spacial score (nSPS) is 16.3. The Balaban J connectivity index is 1.60. The average molecular weight is 369 g/mol. The molecular formula is C21H27N3O3. The SMILES string of the molecule is CCC(C)NC(=O)CN1CCN(C(=O)c2cc3ccccc3cc2O)CC1. The van der Waals surface area contributed by atoms with Crippen LogP contribution >= 0.6 is 0 Å². The van der Waals surface area contributed by atoms with Crippen LogP contribution < -0.4 is 5.32 Å². The maximum atomic E-state index is 12.8. The molecule has 0 bridgehead atoms. The molecule has 1 aliphatic heterocycles. The molecule has 1 heterocycles. The summed E-state index contributed by atoms with van der Waals surface area (Å²) < 4.78 is 0. The van der Waals surface area contributed by atoms with Gasteiger partial charge in [0, 0.05) is 32.2 Å². The second-order valence-corrected chi connectivity index (χ2v) is 7.16. The number of benzene rings is 2. The van der Waals surface area contributed by atoms with Gasteiger partial charge in [-0.2, -0.15) is 0 Å². The quantitative estimate of drug-likeness (QED) is 0.848. The van der Waals surface area contributed by atoms with Crippen molar-refractivity contribution >= 4 is 22.6 Å². The zero-order valence-electron chi connectivity index (χ0n) is 15.9. The number of hydrogen-bond donors (Lipinski definition) is 2. The molecule has 1 unspecified atom stereocenters. The van der Waals surface area contributed by atoms with Crippen LogP contribution in [0.25, 0.3) is 10.8 Å². The highest BCUT2D eigenvalue weighted by Gasteiger charge is 2.25. The van der Waals surface area contributed by atoms with Crippen LogP contribution in [-0.2, 0) is 4.79 Å². The van der Waals surface area contributed by atoms with Crippen LogP contribution in [0.15, 0.2) is 36.4 Å². The van der Waals surface area contributed by atoms with E-state index in [4.69, 9.17) is 0 Å². The number of phenolic OH excluding ortho intramolecular Hbond substituents is 1. The number of carbonyl (C=O) groups is 2. The number of fused-ring (bicyclic) bond motifs is 1. The van der Waals surface area contributed by atoms with Crippen LogP contribution in [0.4, 0.5) is 0 Å². The lowest BCUT2D eigenvalue weighted by atomic mass is 10.0. The van der Waals surface area contributed by atoms with E-state index in [0.717, 1.165) is 17.2 Å². The molecule has 1 atom stereocenters. The van der Waals surface area contributed by atoms with Crippen molar-refractivity contribution in [2.24, 2.45) is 0 Å². The minimum Gasteiger partial charge on any atom is -0.507 e. The fourth-order valence-corrected chi connectivity index (χ4v) is 3.30. The molecule has 144 valence electrons. The Morgan fingerprint density at radius 3 is 2.37 bits per heavy atom. The first-order valence-corrected chi connectivity index (χ1v) is 9.50. The summed E-state index contributed by atoms with van der Waals surface area (Å²) in [5.74, 6) is -0.132. The molecule has 2 N–H and O–H groups in total. The summed E-state index contributed by atoms with van der Waals surface area (Å²) in [5.41, 5.74) is 0.330. The highest BCUT2D eigenvalue weighted by molar-refractivity contribution is 6.01. The van der Waals surface area contributed by atoms with Gasteiger partial charge in [-0.15, -0.1) is 0 Å². The summed E-state index contributed by atoms with van der Waals surface area (Å²) in [6, 6.07) is 11.2. The average Bonchev–Trinajstić information content (AvgIpc) is 2.67. The van der Waals surface area contributed by atoms with Gasteiger partial charge in [-0.25, -0.2) is 0 Å². The lowest BCUT2D eigenvalue weighted by Crippen LogP contribution is -2.51. The summed E-state index contributed by atoms with van der Waals surface area (Å²) in [6.45, 7) is 6.76. The van der Waals surface area contributed by atoms with Gasteiger partial charge in [0.25, 0.3) is 5.91 Å². The number of nitrogens with zero attached hydrogens (tertiary/aromatic N) is 2. The highest BCUT2D eigenvalue weighted by atomic mass is 16.3. The Morgan fingerprint density at radius 2 is 1.74 bits per heavy atom. The van der Waals surface area contributed by atoms with Crippen LogP contribution in [0.3, 0.4) is 0 Å². The van der Waals surface area contributed by atoms with Gasteiger partial charge in [-0.3, -0.25) is 14.5 Å². The topological polar surface area (TPSA) is 72.9 Å². The van der Waals surface area contributed by atoms with E-state index in [1.807, 2.05) is 38.1 Å². The lowest BCUT2D eigenvalue weighted by molar-refractivity contribution is -0.123. The molecular weight excluding hydrogens is 342 g/mol. The standard InChI is InChI=1S/C21H27N3O3/c1-3-15(2)22-20(26)14-23-8-10-24(11-9-23)21(27)18-12-16-6-4-5-7-17(16)13-19(18)25/h4-7,12-13,15,25H,3,8-11,14H2,1-2H3,(H,22,26). The Morgan fingerprint density at radius 1 is 1.11 bits per heavy atom. The van der Waals surface area contributed by atoms with Gasteiger partial charge in [0.05, 0.1) is 12.1 Å². The van der Waals surface area contributed by atoms with Crippen LogP contribution in [0, 0.1) is 0 Å². The van der Waals surface area contributed by atoms with E-state index in [2.05, 4.69) is 10.2 Å². The van der Waals surface area contributed by atoms with Crippen LogP contribution in [0.1, 0.15) is 30.6 Å². The zero-order valence-corrected chi connectivity index (χ0v) is 15.9. The molecule has 2 amide bonds. The Kier molecular flexibility index (Phi) is 5.96. The molecule has 2 aromatic carbocycles. The Labute approximate surface area is 159 Å². The van der Waals surface area contributed by atoms with E-state index in [0.29, 0.717) is 38.3 Å². The molecule has 2 aromatic rings. The predicted molar refractivity (Wildman–Crippen MR) is 106 cm³/mol. The van der Waals surface area contributed by atoms with E-state index in [1.165, 1.54) is 0 Å². The van der Waals surface area contributed by atoms with Gasteiger partial charge >= 0.3 is 0 Å². The maximum absolute atomic E-state index is 12.8. The number of nitrogens with one attached hydrogen (secondary N) is 1. The maximum Gasteiger partial charge on any atom is 0.257 e. The molecule has 0 saturated carbocycles. The monoisotopic (exact) mass is 369 g/mol. The number of carbonyl (C=O) groups excluding carboxylic acids is 2. The fourth-order valence-electron chi connectivity index (χ4n) is 3.30. The smallest absolute Gasteiger partial charge is 0.257 e. The molecule has 6 heteroatoms. The minimum atomic E-state index is -0.165. The van der Waals surface area contributed by atoms with Crippen molar-refractivity contribution < 1.29 is 14.7 Å². The van der Waals surface area contributed by atoms with Crippen LogP contribution in [0.5, 0.6) is 5.75 Å². The van der Waals surface area contributed by atoms with Crippen molar-refractivity contribution in [2.45, 2.75) is 26.3 Å². The zero-order chi connectivity index (χ0) is 19.4. The summed E-state index contributed by atoms with van der Waals surface area (Å²) >= 11 is 0. The molecule has 1 fully saturated rings. The molecule has 27 heavy (non-hydrogen) atoms. The number of amides is 2. The molecule has 1 saturated heterocycles. The lowest BCUT2D eigenvalue weighted by Gasteiger charge is -2.34. The highest BCUT2D eigenvalue weighted by Crippen LogP contribution is 2.26.